The molecule has 0 aromatic carbocycles. The van der Waals surface area contributed by atoms with Crippen LogP contribution >= 0.6 is 0 Å². The van der Waals surface area contributed by atoms with Gasteiger partial charge < -0.3 is 37.1 Å². The quantitative estimate of drug-likeness (QED) is 0.110. The number of aromatic nitrogens is 3. The Morgan fingerprint density at radius 3 is 2.04 bits per heavy atom. The van der Waals surface area contributed by atoms with Crippen LogP contribution in [0.5, 0.6) is 0 Å². The molecule has 284 valence electrons. The van der Waals surface area contributed by atoms with E-state index >= 15 is 0 Å². The summed E-state index contributed by atoms with van der Waals surface area (Å²) < 4.78 is 7.61. The largest absolute Gasteiger partial charge is 0.376 e. The summed E-state index contributed by atoms with van der Waals surface area (Å²) in [4.78, 5) is 61.6. The minimum atomic E-state index is -0.878. The Morgan fingerprint density at radius 1 is 0.918 bits per heavy atom. The van der Waals surface area contributed by atoms with E-state index in [4.69, 9.17) is 10.5 Å². The Morgan fingerprint density at radius 2 is 1.53 bits per heavy atom. The average Bonchev–Trinajstić information content (AvgIpc) is 3.51. The van der Waals surface area contributed by atoms with Gasteiger partial charge in [-0.15, -0.1) is 5.10 Å². The van der Waals surface area contributed by atoms with Crippen LogP contribution in [0.25, 0.3) is 0 Å². The second-order valence-electron chi connectivity index (χ2n) is 13.2. The van der Waals surface area contributed by atoms with Crippen LogP contribution in [-0.4, -0.2) is 88.5 Å². The lowest BCUT2D eigenvalue weighted by Gasteiger charge is -2.27. The van der Waals surface area contributed by atoms with E-state index in [1.54, 1.807) is 31.8 Å². The van der Waals surface area contributed by atoms with Crippen molar-refractivity contribution in [2.75, 3.05) is 20.2 Å². The zero-order valence-corrected chi connectivity index (χ0v) is 32.4. The number of amides is 5. The Hall–Kier alpha value is -3.59. The van der Waals surface area contributed by atoms with Gasteiger partial charge in [0, 0.05) is 19.6 Å². The number of hydrogen-bond acceptors (Lipinski definition) is 9. The third-order valence-corrected chi connectivity index (χ3v) is 7.22. The highest BCUT2D eigenvalue weighted by atomic mass is 16.5. The minimum Gasteiger partial charge on any atom is -0.376 e. The van der Waals surface area contributed by atoms with Crippen molar-refractivity contribution in [3.05, 3.63) is 11.9 Å². The molecule has 3 atom stereocenters. The van der Waals surface area contributed by atoms with Crippen molar-refractivity contribution >= 4 is 29.5 Å². The van der Waals surface area contributed by atoms with Crippen LogP contribution in [0, 0.1) is 5.92 Å². The molecule has 1 rings (SSSR count). The predicted molar refractivity (Wildman–Crippen MR) is 192 cm³/mol. The SMILES string of the molecule is CC.CC.CNC(CCC(=O)NC(C(=O)NC(CCCNC(N)=O)C(C)=O)C(C)C)C(=O)NCc1cn(C(C)(C)CCOC(C)(C)C)nn1. The molecule has 0 saturated carbocycles. The molecule has 0 bridgehead atoms. The molecule has 0 aliphatic carbocycles. The molecule has 5 amide bonds. The molecule has 0 fully saturated rings. The standard InChI is InChI=1S/C30H55N9O6.2C2H6/c1-19(2)25(27(43)35-22(20(3)40)11-10-15-33-28(31)44)36-24(41)13-12-23(32-9)26(42)34-17-21-18-39(38-37-21)30(7,8)14-16-45-29(4,5)6;2*1-2/h18-19,22-23,25,32H,10-17H2,1-9H3,(H,34,42)(H,35,43)(H,36,41)(H3,31,33,44);2*1-2H3. The fraction of sp³-hybridized carbons (Fsp3) is 0.794. The lowest BCUT2D eigenvalue weighted by molar-refractivity contribution is -0.132. The highest BCUT2D eigenvalue weighted by Gasteiger charge is 2.28. The normalized spacial score (nSPS) is 13.0. The van der Waals surface area contributed by atoms with E-state index in [2.05, 4.69) is 36.9 Å². The van der Waals surface area contributed by atoms with E-state index < -0.39 is 36.0 Å². The van der Waals surface area contributed by atoms with Gasteiger partial charge in [-0.25, -0.2) is 9.48 Å². The van der Waals surface area contributed by atoms with Gasteiger partial charge in [-0.3, -0.25) is 19.2 Å². The first kappa shape index (κ1) is 47.5. The summed E-state index contributed by atoms with van der Waals surface area (Å²) in [5.41, 5.74) is 5.09. The molecule has 0 aliphatic heterocycles. The van der Waals surface area contributed by atoms with Gasteiger partial charge in [-0.2, -0.15) is 0 Å². The van der Waals surface area contributed by atoms with E-state index in [1.807, 2.05) is 62.3 Å². The molecule has 0 aliphatic rings. The molecule has 0 radical (unpaired) electrons. The van der Waals surface area contributed by atoms with Gasteiger partial charge in [0.25, 0.3) is 0 Å². The van der Waals surface area contributed by atoms with Gasteiger partial charge >= 0.3 is 6.03 Å². The Kier molecular flexibility index (Phi) is 23.8. The third-order valence-electron chi connectivity index (χ3n) is 7.22. The Balaban J connectivity index is 0. The number of hydrogen-bond donors (Lipinski definition) is 6. The summed E-state index contributed by atoms with van der Waals surface area (Å²) in [5, 5.41) is 22.1. The van der Waals surface area contributed by atoms with Crippen molar-refractivity contribution < 1.29 is 28.7 Å². The topological polar surface area (TPSA) is 211 Å². The van der Waals surface area contributed by atoms with Gasteiger partial charge in [0.1, 0.15) is 11.7 Å². The molecule has 0 saturated heterocycles. The van der Waals surface area contributed by atoms with Gasteiger partial charge in [0.15, 0.2) is 5.78 Å². The zero-order valence-electron chi connectivity index (χ0n) is 32.4. The molecule has 0 spiro atoms. The first-order chi connectivity index (χ1) is 22.9. The van der Waals surface area contributed by atoms with E-state index in [0.29, 0.717) is 25.1 Å². The number of nitrogens with two attached hydrogens (primary N) is 1. The van der Waals surface area contributed by atoms with Crippen LogP contribution in [0.15, 0.2) is 6.20 Å². The number of nitrogens with zero attached hydrogens (tertiary/aromatic N) is 3. The first-order valence-electron chi connectivity index (χ1n) is 17.5. The van der Waals surface area contributed by atoms with Crippen LogP contribution in [0.1, 0.15) is 121 Å². The average molecular weight is 698 g/mol. The van der Waals surface area contributed by atoms with E-state index in [1.165, 1.54) is 6.92 Å². The summed E-state index contributed by atoms with van der Waals surface area (Å²) in [6.45, 7) is 24.0. The summed E-state index contributed by atoms with van der Waals surface area (Å²) in [6, 6.07) is -2.96. The molecular formula is C34H67N9O6. The number of carbonyl (C=O) groups is 5. The number of primary amides is 1. The summed E-state index contributed by atoms with van der Waals surface area (Å²) in [5.74, 6) is -1.68. The second-order valence-corrected chi connectivity index (χ2v) is 13.2. The van der Waals surface area contributed by atoms with E-state index in [-0.39, 0.29) is 54.7 Å². The fourth-order valence-electron chi connectivity index (χ4n) is 4.32. The van der Waals surface area contributed by atoms with E-state index in [9.17, 15) is 24.0 Å². The number of ketones is 1. The highest BCUT2D eigenvalue weighted by molar-refractivity contribution is 5.92. The summed E-state index contributed by atoms with van der Waals surface area (Å²) in [7, 11) is 1.63. The maximum Gasteiger partial charge on any atom is 0.312 e. The lowest BCUT2D eigenvalue weighted by atomic mass is 10.0. The lowest BCUT2D eigenvalue weighted by Crippen LogP contribution is -2.53. The van der Waals surface area contributed by atoms with Gasteiger partial charge in [0.05, 0.1) is 36.0 Å². The zero-order chi connectivity index (χ0) is 38.4. The number of carbonyl (C=O) groups excluding carboxylic acids is 5. The number of Topliss-reactive ketones (excluding diaryl/α,β-unsaturated/α-hetero) is 1. The third kappa shape index (κ3) is 20.5. The number of nitrogens with one attached hydrogen (secondary N) is 5. The van der Waals surface area contributed by atoms with Gasteiger partial charge in [0.2, 0.25) is 17.7 Å². The summed E-state index contributed by atoms with van der Waals surface area (Å²) in [6.07, 6.45) is 3.45. The van der Waals surface area contributed by atoms with E-state index in [0.717, 1.165) is 6.42 Å². The smallest absolute Gasteiger partial charge is 0.312 e. The number of ether oxygens (including phenoxy) is 1. The number of rotatable bonds is 20. The molecule has 15 heteroatoms. The van der Waals surface area contributed by atoms with Crippen molar-refractivity contribution in [1.29, 1.82) is 0 Å². The maximum atomic E-state index is 13.0. The molecular weight excluding hydrogens is 630 g/mol. The first-order valence-corrected chi connectivity index (χ1v) is 17.5. The van der Waals surface area contributed by atoms with Crippen LogP contribution in [0.2, 0.25) is 0 Å². The molecule has 15 nitrogen and oxygen atoms in total. The Labute approximate surface area is 294 Å². The van der Waals surface area contributed by atoms with Crippen molar-refractivity contribution in [1.82, 2.24) is 41.6 Å². The van der Waals surface area contributed by atoms with Crippen LogP contribution < -0.4 is 32.3 Å². The molecule has 1 aromatic heterocycles. The van der Waals surface area contributed by atoms with Crippen molar-refractivity contribution in [2.45, 2.75) is 151 Å². The summed E-state index contributed by atoms with van der Waals surface area (Å²) >= 11 is 0. The monoisotopic (exact) mass is 698 g/mol. The molecule has 3 unspecified atom stereocenters. The molecule has 7 N–H and O–H groups in total. The van der Waals surface area contributed by atoms with Crippen LogP contribution in [-0.2, 0) is 36.0 Å². The fourth-order valence-corrected chi connectivity index (χ4v) is 4.32. The second kappa shape index (κ2) is 24.5. The maximum absolute atomic E-state index is 13.0. The van der Waals surface area contributed by atoms with Crippen LogP contribution in [0.3, 0.4) is 0 Å². The van der Waals surface area contributed by atoms with Gasteiger partial charge in [-0.05, 0) is 80.2 Å². The molecule has 1 heterocycles. The van der Waals surface area contributed by atoms with Gasteiger partial charge in [-0.1, -0.05) is 46.8 Å². The minimum absolute atomic E-state index is 0.00857. The molecule has 1 aromatic rings. The predicted octanol–water partition coefficient (Wildman–Crippen LogP) is 2.92. The number of urea groups is 1. The van der Waals surface area contributed by atoms with Crippen molar-refractivity contribution in [3.8, 4) is 0 Å². The highest BCUT2D eigenvalue weighted by Crippen LogP contribution is 2.20. The Bertz CT molecular complexity index is 1130. The van der Waals surface area contributed by atoms with Crippen LogP contribution in [0.4, 0.5) is 4.79 Å². The molecule has 49 heavy (non-hydrogen) atoms. The van der Waals surface area contributed by atoms with Crippen molar-refractivity contribution in [3.63, 3.8) is 0 Å². The van der Waals surface area contributed by atoms with Crippen molar-refractivity contribution in [2.24, 2.45) is 11.7 Å². The number of likely N-dealkylation sites (N-methyl/N-ethyl adjacent to an activating group) is 1.